The van der Waals surface area contributed by atoms with Crippen molar-refractivity contribution in [3.8, 4) is 0 Å². The lowest BCUT2D eigenvalue weighted by Gasteiger charge is -2.43. The van der Waals surface area contributed by atoms with Gasteiger partial charge in [0.15, 0.2) is 0 Å². The molecule has 0 aromatic heterocycles. The van der Waals surface area contributed by atoms with E-state index >= 15 is 0 Å². The predicted octanol–water partition coefficient (Wildman–Crippen LogP) is 1.30. The molecule has 2 fully saturated rings. The topological polar surface area (TPSA) is 6.48 Å². The summed E-state index contributed by atoms with van der Waals surface area (Å²) in [5, 5.41) is 0. The lowest BCUT2D eigenvalue weighted by Crippen LogP contribution is -2.53. The third-order valence-electron chi connectivity index (χ3n) is 3.13. The molecule has 0 bridgehead atoms. The van der Waals surface area contributed by atoms with Crippen LogP contribution >= 0.6 is 0 Å². The van der Waals surface area contributed by atoms with Crippen molar-refractivity contribution in [2.24, 2.45) is 0 Å². The zero-order valence-corrected chi connectivity index (χ0v) is 7.71. The van der Waals surface area contributed by atoms with E-state index in [9.17, 15) is 0 Å². The molecule has 1 atom stereocenters. The Morgan fingerprint density at radius 1 is 1.17 bits per heavy atom. The summed E-state index contributed by atoms with van der Waals surface area (Å²) in [7, 11) is 0. The zero-order chi connectivity index (χ0) is 8.39. The molecule has 2 heterocycles. The highest BCUT2D eigenvalue weighted by Gasteiger charge is 2.27. The van der Waals surface area contributed by atoms with Crippen LogP contribution in [0.25, 0.3) is 0 Å². The molecule has 2 aliphatic rings. The number of nitrogens with zero attached hydrogens (tertiary/aromatic N) is 2. The minimum Gasteiger partial charge on any atom is -0.375 e. The Morgan fingerprint density at radius 3 is 2.92 bits per heavy atom. The summed E-state index contributed by atoms with van der Waals surface area (Å²) in [5.41, 5.74) is 0. The molecule has 68 valence electrons. The maximum absolute atomic E-state index is 3.83. The average Bonchev–Trinajstić information content (AvgIpc) is 2.17. The minimum absolute atomic E-state index is 0.825. The molecule has 0 aromatic carbocycles. The Hall–Kier alpha value is -0.500. The SMILES string of the molecule is C=CN1CCN2CCCCC2C1. The van der Waals surface area contributed by atoms with E-state index in [0.29, 0.717) is 0 Å². The summed E-state index contributed by atoms with van der Waals surface area (Å²) < 4.78 is 0. The molecule has 0 aromatic rings. The van der Waals surface area contributed by atoms with E-state index in [4.69, 9.17) is 0 Å². The van der Waals surface area contributed by atoms with Crippen molar-refractivity contribution in [3.05, 3.63) is 12.8 Å². The molecule has 0 N–H and O–H groups in total. The van der Waals surface area contributed by atoms with E-state index < -0.39 is 0 Å². The predicted molar refractivity (Wildman–Crippen MR) is 51.0 cm³/mol. The van der Waals surface area contributed by atoms with Crippen LogP contribution in [0.15, 0.2) is 12.8 Å². The summed E-state index contributed by atoms with van der Waals surface area (Å²) in [4.78, 5) is 5.00. The number of fused-ring (bicyclic) bond motifs is 1. The molecule has 1 unspecified atom stereocenters. The molecule has 2 nitrogen and oxygen atoms in total. The van der Waals surface area contributed by atoms with Crippen LogP contribution in [0, 0.1) is 0 Å². The monoisotopic (exact) mass is 166 g/mol. The van der Waals surface area contributed by atoms with Crippen LogP contribution < -0.4 is 0 Å². The van der Waals surface area contributed by atoms with Gasteiger partial charge < -0.3 is 4.90 Å². The maximum Gasteiger partial charge on any atom is 0.0329 e. The van der Waals surface area contributed by atoms with Gasteiger partial charge >= 0.3 is 0 Å². The standard InChI is InChI=1S/C10H18N2/c1-2-11-7-8-12-6-4-3-5-10(12)9-11/h2,10H,1,3-9H2. The zero-order valence-electron chi connectivity index (χ0n) is 7.71. The van der Waals surface area contributed by atoms with Crippen molar-refractivity contribution < 1.29 is 0 Å². The number of piperidine rings is 1. The first-order valence-electron chi connectivity index (χ1n) is 5.01. The first-order chi connectivity index (χ1) is 5.90. The molecule has 2 aliphatic heterocycles. The van der Waals surface area contributed by atoms with Crippen LogP contribution in [0.1, 0.15) is 19.3 Å². The van der Waals surface area contributed by atoms with Gasteiger partial charge in [0.05, 0.1) is 0 Å². The van der Waals surface area contributed by atoms with Gasteiger partial charge in [-0.15, -0.1) is 0 Å². The second-order valence-electron chi connectivity index (χ2n) is 3.86. The Kier molecular flexibility index (Phi) is 2.35. The number of hydrogen-bond acceptors (Lipinski definition) is 2. The summed E-state index contributed by atoms with van der Waals surface area (Å²) in [6.07, 6.45) is 6.22. The molecular weight excluding hydrogens is 148 g/mol. The summed E-state index contributed by atoms with van der Waals surface area (Å²) in [6, 6.07) is 0.825. The van der Waals surface area contributed by atoms with Gasteiger partial charge in [0, 0.05) is 25.7 Å². The Morgan fingerprint density at radius 2 is 2.08 bits per heavy atom. The number of rotatable bonds is 1. The van der Waals surface area contributed by atoms with Crippen molar-refractivity contribution in [2.45, 2.75) is 25.3 Å². The Bertz CT molecular complexity index is 167. The molecule has 0 amide bonds. The van der Waals surface area contributed by atoms with Crippen molar-refractivity contribution in [1.82, 2.24) is 9.80 Å². The second-order valence-corrected chi connectivity index (χ2v) is 3.86. The maximum atomic E-state index is 3.83. The summed E-state index contributed by atoms with van der Waals surface area (Å²) in [5.74, 6) is 0. The van der Waals surface area contributed by atoms with Crippen LogP contribution in [0.2, 0.25) is 0 Å². The van der Waals surface area contributed by atoms with Crippen LogP contribution in [0.3, 0.4) is 0 Å². The normalized spacial score (nSPS) is 31.3. The third kappa shape index (κ3) is 1.48. The van der Waals surface area contributed by atoms with Crippen LogP contribution in [-0.2, 0) is 0 Å². The van der Waals surface area contributed by atoms with E-state index in [1.807, 2.05) is 6.20 Å². The molecule has 2 rings (SSSR count). The smallest absolute Gasteiger partial charge is 0.0329 e. The van der Waals surface area contributed by atoms with Gasteiger partial charge in [-0.3, -0.25) is 4.90 Å². The largest absolute Gasteiger partial charge is 0.375 e. The van der Waals surface area contributed by atoms with E-state index in [1.165, 1.54) is 45.4 Å². The fourth-order valence-electron chi connectivity index (χ4n) is 2.35. The Labute approximate surface area is 74.8 Å². The summed E-state index contributed by atoms with van der Waals surface area (Å²) in [6.45, 7) is 8.80. The number of hydrogen-bond donors (Lipinski definition) is 0. The second kappa shape index (κ2) is 3.48. The van der Waals surface area contributed by atoms with Crippen LogP contribution in [0.5, 0.6) is 0 Å². The average molecular weight is 166 g/mol. The molecule has 0 radical (unpaired) electrons. The van der Waals surface area contributed by atoms with E-state index in [1.54, 1.807) is 0 Å². The van der Waals surface area contributed by atoms with Crippen molar-refractivity contribution in [1.29, 1.82) is 0 Å². The molecule has 12 heavy (non-hydrogen) atoms. The molecule has 0 saturated carbocycles. The molecular formula is C10H18N2. The summed E-state index contributed by atoms with van der Waals surface area (Å²) >= 11 is 0. The van der Waals surface area contributed by atoms with E-state index in [-0.39, 0.29) is 0 Å². The third-order valence-corrected chi connectivity index (χ3v) is 3.13. The van der Waals surface area contributed by atoms with Gasteiger partial charge in [0.1, 0.15) is 0 Å². The van der Waals surface area contributed by atoms with Gasteiger partial charge in [-0.1, -0.05) is 13.0 Å². The lowest BCUT2D eigenvalue weighted by atomic mass is 10.00. The van der Waals surface area contributed by atoms with Gasteiger partial charge in [-0.2, -0.15) is 0 Å². The van der Waals surface area contributed by atoms with Gasteiger partial charge in [0.25, 0.3) is 0 Å². The van der Waals surface area contributed by atoms with Crippen molar-refractivity contribution in [3.63, 3.8) is 0 Å². The quantitative estimate of drug-likeness (QED) is 0.579. The molecule has 2 heteroatoms. The van der Waals surface area contributed by atoms with E-state index in [0.717, 1.165) is 6.04 Å². The first kappa shape index (κ1) is 8.11. The molecule has 0 spiro atoms. The van der Waals surface area contributed by atoms with E-state index in [2.05, 4.69) is 16.4 Å². The first-order valence-corrected chi connectivity index (χ1v) is 5.01. The Balaban J connectivity index is 1.93. The fourth-order valence-corrected chi connectivity index (χ4v) is 2.35. The number of piperazine rings is 1. The highest BCUT2D eigenvalue weighted by Crippen LogP contribution is 2.20. The highest BCUT2D eigenvalue weighted by molar-refractivity contribution is 4.88. The fraction of sp³-hybridized carbons (Fsp3) is 0.800. The van der Waals surface area contributed by atoms with Gasteiger partial charge in [-0.25, -0.2) is 0 Å². The van der Waals surface area contributed by atoms with Gasteiger partial charge in [0.2, 0.25) is 0 Å². The minimum atomic E-state index is 0.825. The van der Waals surface area contributed by atoms with Crippen molar-refractivity contribution >= 4 is 0 Å². The van der Waals surface area contributed by atoms with Gasteiger partial charge in [-0.05, 0) is 25.6 Å². The molecule has 2 saturated heterocycles. The van der Waals surface area contributed by atoms with Crippen LogP contribution in [0.4, 0.5) is 0 Å². The molecule has 0 aliphatic carbocycles. The van der Waals surface area contributed by atoms with Crippen molar-refractivity contribution in [2.75, 3.05) is 26.2 Å². The lowest BCUT2D eigenvalue weighted by molar-refractivity contribution is 0.0717. The van der Waals surface area contributed by atoms with Crippen LogP contribution in [-0.4, -0.2) is 42.0 Å². The highest BCUT2D eigenvalue weighted by atomic mass is 15.3.